The van der Waals surface area contributed by atoms with E-state index in [9.17, 15) is 18.4 Å². The number of nitrogens with zero attached hydrogens (tertiary/aromatic N) is 3. The highest BCUT2D eigenvalue weighted by atomic mass is 35.5. The molecule has 2 saturated carbocycles. The van der Waals surface area contributed by atoms with Crippen LogP contribution in [0.4, 0.5) is 14.5 Å². The van der Waals surface area contributed by atoms with Crippen molar-refractivity contribution in [1.82, 2.24) is 20.1 Å². The van der Waals surface area contributed by atoms with Crippen molar-refractivity contribution in [3.05, 3.63) is 47.1 Å². The largest absolute Gasteiger partial charge is 0.447 e. The minimum Gasteiger partial charge on any atom is -0.447 e. The highest BCUT2D eigenvalue weighted by Crippen LogP contribution is 2.63. The molecule has 1 aromatic heterocycles. The summed E-state index contributed by atoms with van der Waals surface area (Å²) in [4.78, 5) is 32.5. The number of hydrogen-bond donors (Lipinski definition) is 2. The van der Waals surface area contributed by atoms with E-state index in [0.29, 0.717) is 74.0 Å². The Morgan fingerprint density at radius 2 is 1.95 bits per heavy atom. The fraction of sp³-hybridized carbons (Fsp3) is 0.577. The van der Waals surface area contributed by atoms with Gasteiger partial charge in [0.05, 0.1) is 19.3 Å². The molecule has 37 heavy (non-hydrogen) atoms. The summed E-state index contributed by atoms with van der Waals surface area (Å²) in [6.45, 7) is -0.502. The van der Waals surface area contributed by atoms with Gasteiger partial charge in [0.2, 0.25) is 17.7 Å². The smallest absolute Gasteiger partial charge is 0.248 e. The number of anilines is 1. The molecule has 2 aliphatic carbocycles. The zero-order valence-corrected chi connectivity index (χ0v) is 21.2. The van der Waals surface area contributed by atoms with Crippen LogP contribution in [0.5, 0.6) is 0 Å². The van der Waals surface area contributed by atoms with E-state index in [4.69, 9.17) is 18.8 Å². The summed E-state index contributed by atoms with van der Waals surface area (Å²) in [6, 6.07) is 4.99. The standard InChI is InChI=1S/C26H32ClF2N5O3/c27-19-1-2-22(31-14-20-13-30-17-37-20)18(11-19)16-33-7-9-34(10-8-33)23(35)15-32-24(36)21-12-25(21)3-5-26(28,29)6-4-25/h1-2,11,13,17,21,31H,3-10,12,14-16H2,(H,32,36)/t21-/m0/s1/i16D2. The topological polar surface area (TPSA) is 90.7 Å². The third kappa shape index (κ3) is 6.23. The van der Waals surface area contributed by atoms with E-state index in [2.05, 4.69) is 15.6 Å². The molecule has 200 valence electrons. The molecule has 8 nitrogen and oxygen atoms in total. The maximum atomic E-state index is 13.5. The van der Waals surface area contributed by atoms with Gasteiger partial charge in [-0.3, -0.25) is 14.5 Å². The van der Waals surface area contributed by atoms with Gasteiger partial charge in [-0.25, -0.2) is 13.8 Å². The molecular formula is C26H32ClF2N5O3. The van der Waals surface area contributed by atoms with Crippen molar-refractivity contribution in [2.45, 2.75) is 51.1 Å². The molecule has 1 aromatic carbocycles. The van der Waals surface area contributed by atoms with Crippen molar-refractivity contribution in [3.63, 3.8) is 0 Å². The summed E-state index contributed by atoms with van der Waals surface area (Å²) in [5.41, 5.74) is 0.622. The number of hydrogen-bond acceptors (Lipinski definition) is 6. The van der Waals surface area contributed by atoms with Crippen LogP contribution in [0.25, 0.3) is 0 Å². The molecule has 2 amide bonds. The van der Waals surface area contributed by atoms with Gasteiger partial charge in [0, 0.05) is 64.9 Å². The number of rotatable bonds is 8. The number of aromatic nitrogens is 1. The van der Waals surface area contributed by atoms with E-state index in [0.717, 1.165) is 0 Å². The number of benzene rings is 1. The van der Waals surface area contributed by atoms with Crippen molar-refractivity contribution >= 4 is 29.1 Å². The lowest BCUT2D eigenvalue weighted by Gasteiger charge is -2.35. The second kappa shape index (κ2) is 10.6. The maximum absolute atomic E-state index is 13.5. The second-order valence-corrected chi connectivity index (χ2v) is 10.6. The Kier molecular flexibility index (Phi) is 6.68. The van der Waals surface area contributed by atoms with E-state index in [1.807, 2.05) is 0 Å². The van der Waals surface area contributed by atoms with E-state index < -0.39 is 12.4 Å². The SMILES string of the molecule is [2H]C([2H])(c1cc(Cl)ccc1NCc1cnco1)N1CCN(C(=O)CNC(=O)[C@@H]2CC23CCC(F)(F)CC3)CC1. The Morgan fingerprint density at radius 1 is 1.19 bits per heavy atom. The van der Waals surface area contributed by atoms with Gasteiger partial charge < -0.3 is 20.0 Å². The molecule has 3 aliphatic rings. The number of oxazole rings is 1. The van der Waals surface area contributed by atoms with Crippen molar-refractivity contribution in [2.24, 2.45) is 11.3 Å². The molecular weight excluding hydrogens is 504 g/mol. The third-order valence-electron chi connectivity index (χ3n) is 7.73. The summed E-state index contributed by atoms with van der Waals surface area (Å²) in [6.07, 6.45) is 3.85. The van der Waals surface area contributed by atoms with Crippen LogP contribution in [0.1, 0.15) is 46.2 Å². The number of amides is 2. The maximum Gasteiger partial charge on any atom is 0.248 e. The molecule has 2 aromatic rings. The first-order valence-electron chi connectivity index (χ1n) is 13.6. The highest BCUT2D eigenvalue weighted by Gasteiger charge is 2.60. The number of carbonyl (C=O) groups is 2. The Hall–Kier alpha value is -2.72. The fourth-order valence-electron chi connectivity index (χ4n) is 5.30. The summed E-state index contributed by atoms with van der Waals surface area (Å²) in [7, 11) is 0. The lowest BCUT2D eigenvalue weighted by Crippen LogP contribution is -2.51. The summed E-state index contributed by atoms with van der Waals surface area (Å²) < 4.78 is 50.0. The molecule has 1 atom stereocenters. The van der Waals surface area contributed by atoms with Crippen molar-refractivity contribution in [1.29, 1.82) is 0 Å². The first-order chi connectivity index (χ1) is 18.5. The zero-order valence-electron chi connectivity index (χ0n) is 22.4. The number of piperazine rings is 1. The fourth-order valence-corrected chi connectivity index (χ4v) is 5.47. The molecule has 11 heteroatoms. The molecule has 1 aliphatic heterocycles. The van der Waals surface area contributed by atoms with Crippen LogP contribution in [0.3, 0.4) is 0 Å². The van der Waals surface area contributed by atoms with Gasteiger partial charge in [-0.2, -0.15) is 0 Å². The minimum atomic E-state index is -2.63. The van der Waals surface area contributed by atoms with Crippen molar-refractivity contribution in [2.75, 3.05) is 38.0 Å². The molecule has 0 radical (unpaired) electrons. The van der Waals surface area contributed by atoms with Crippen LogP contribution in [0.15, 0.2) is 35.2 Å². The van der Waals surface area contributed by atoms with E-state index in [1.165, 1.54) is 6.39 Å². The van der Waals surface area contributed by atoms with Crippen molar-refractivity contribution in [3.8, 4) is 0 Å². The minimum absolute atomic E-state index is 0.154. The first-order valence-corrected chi connectivity index (χ1v) is 13.0. The normalized spacial score (nSPS) is 23.8. The van der Waals surface area contributed by atoms with Crippen LogP contribution in [0.2, 0.25) is 5.02 Å². The Morgan fingerprint density at radius 3 is 2.65 bits per heavy atom. The number of halogens is 3. The van der Waals surface area contributed by atoms with E-state index >= 15 is 0 Å². The second-order valence-electron chi connectivity index (χ2n) is 10.2. The average Bonchev–Trinajstić information content (AvgIpc) is 3.37. The number of nitrogens with one attached hydrogen (secondary N) is 2. The Labute approximate surface area is 222 Å². The average molecular weight is 538 g/mol. The molecule has 3 fully saturated rings. The highest BCUT2D eigenvalue weighted by molar-refractivity contribution is 6.30. The van der Waals surface area contributed by atoms with Gasteiger partial charge in [-0.1, -0.05) is 11.6 Å². The molecule has 0 bridgehead atoms. The van der Waals surface area contributed by atoms with Crippen molar-refractivity contribution < 1.29 is 25.5 Å². The van der Waals surface area contributed by atoms with Gasteiger partial charge >= 0.3 is 0 Å². The van der Waals surface area contributed by atoms with Gasteiger partial charge in [0.15, 0.2) is 6.39 Å². The molecule has 2 N–H and O–H groups in total. The molecule has 1 saturated heterocycles. The van der Waals surface area contributed by atoms with Crippen LogP contribution < -0.4 is 10.6 Å². The summed E-state index contributed by atoms with van der Waals surface area (Å²) in [5, 5.41) is 6.29. The van der Waals surface area contributed by atoms with Gasteiger partial charge in [0.1, 0.15) is 5.76 Å². The molecule has 0 unspecified atom stereocenters. The van der Waals surface area contributed by atoms with Crippen LogP contribution in [0, 0.1) is 11.3 Å². The lowest BCUT2D eigenvalue weighted by atomic mass is 9.82. The quantitative estimate of drug-likeness (QED) is 0.530. The number of alkyl halides is 2. The van der Waals surface area contributed by atoms with Gasteiger partial charge in [-0.05, 0) is 48.4 Å². The Balaban J connectivity index is 1.12. The summed E-state index contributed by atoms with van der Waals surface area (Å²) >= 11 is 6.21. The predicted molar refractivity (Wildman–Crippen MR) is 134 cm³/mol. The zero-order chi connectivity index (χ0) is 27.8. The molecule has 5 rings (SSSR count). The molecule has 2 heterocycles. The molecule has 1 spiro atoms. The number of carbonyl (C=O) groups excluding carboxylic acids is 2. The summed E-state index contributed by atoms with van der Waals surface area (Å²) in [5.74, 6) is -2.81. The first kappa shape index (κ1) is 23.4. The lowest BCUT2D eigenvalue weighted by molar-refractivity contribution is -0.135. The van der Waals surface area contributed by atoms with Gasteiger partial charge in [-0.15, -0.1) is 0 Å². The van der Waals surface area contributed by atoms with E-state index in [1.54, 1.807) is 34.2 Å². The Bertz CT molecular complexity index is 1200. The van der Waals surface area contributed by atoms with Crippen LogP contribution in [-0.2, 0) is 22.6 Å². The van der Waals surface area contributed by atoms with E-state index in [-0.39, 0.29) is 42.5 Å². The van der Waals surface area contributed by atoms with Crippen LogP contribution in [-0.4, -0.2) is 65.2 Å². The monoisotopic (exact) mass is 537 g/mol. The third-order valence-corrected chi connectivity index (χ3v) is 7.96. The van der Waals surface area contributed by atoms with Gasteiger partial charge in [0.25, 0.3) is 0 Å². The predicted octanol–water partition coefficient (Wildman–Crippen LogP) is 3.92. The van der Waals surface area contributed by atoms with Crippen LogP contribution >= 0.6 is 11.6 Å².